The van der Waals surface area contributed by atoms with E-state index in [1.165, 1.54) is 10.5 Å². The molecule has 1 fully saturated rings. The molecule has 4 aromatic rings. The molecule has 5 rings (SSSR count). The summed E-state index contributed by atoms with van der Waals surface area (Å²) in [6.07, 6.45) is 6.78. The molecule has 1 atom stereocenters. The molecule has 1 saturated heterocycles. The third-order valence-corrected chi connectivity index (χ3v) is 5.89. The Morgan fingerprint density at radius 2 is 2.21 bits per heavy atom. The summed E-state index contributed by atoms with van der Waals surface area (Å²) in [6.45, 7) is 3.19. The van der Waals surface area contributed by atoms with Gasteiger partial charge in [-0.25, -0.2) is 4.98 Å². The van der Waals surface area contributed by atoms with Gasteiger partial charge in [0.25, 0.3) is 11.5 Å². The maximum Gasteiger partial charge on any atom is 0.267 e. The fraction of sp³-hybridized carbons (Fsp3) is 0.292. The van der Waals surface area contributed by atoms with E-state index in [9.17, 15) is 9.59 Å². The van der Waals surface area contributed by atoms with Crippen molar-refractivity contribution in [3.63, 3.8) is 0 Å². The van der Waals surface area contributed by atoms with E-state index in [4.69, 9.17) is 10.1 Å². The molecule has 5 heterocycles. The monoisotopic (exact) mass is 444 g/mol. The standard InChI is InChI=1S/C24H24N6O3/c1-15-6-7-20-28-22-19(24(32)29(20)13-15)10-18(21(25)30(22)14-17-5-3-9-33-17)23(31)27-12-16-4-2-8-26-11-16/h2,4,6-8,10-11,13,17,25H,3,5,9,12,14H2,1H3,(H,27,31)/t17-/m1/s1. The van der Waals surface area contributed by atoms with Gasteiger partial charge in [0.15, 0.2) is 0 Å². The van der Waals surface area contributed by atoms with Crippen LogP contribution in [-0.2, 0) is 17.8 Å². The highest BCUT2D eigenvalue weighted by Crippen LogP contribution is 2.17. The molecule has 1 aliphatic rings. The molecule has 0 spiro atoms. The number of nitrogens with one attached hydrogen (secondary N) is 2. The Bertz CT molecular complexity index is 1470. The molecule has 33 heavy (non-hydrogen) atoms. The number of carbonyl (C=O) groups is 1. The first kappa shape index (κ1) is 21.0. The lowest BCUT2D eigenvalue weighted by Gasteiger charge is -2.17. The maximum atomic E-state index is 13.4. The average molecular weight is 444 g/mol. The minimum absolute atomic E-state index is 0.00467. The highest BCUT2D eigenvalue weighted by Gasteiger charge is 2.22. The van der Waals surface area contributed by atoms with Gasteiger partial charge in [-0.2, -0.15) is 0 Å². The highest BCUT2D eigenvalue weighted by molar-refractivity contribution is 5.96. The zero-order valence-corrected chi connectivity index (χ0v) is 18.2. The van der Waals surface area contributed by atoms with Crippen LogP contribution in [0.3, 0.4) is 0 Å². The van der Waals surface area contributed by atoms with Crippen molar-refractivity contribution in [1.82, 2.24) is 24.3 Å². The average Bonchev–Trinajstić information content (AvgIpc) is 3.34. The van der Waals surface area contributed by atoms with Crippen LogP contribution in [0.15, 0.2) is 53.7 Å². The van der Waals surface area contributed by atoms with Gasteiger partial charge in [0.1, 0.15) is 16.8 Å². The van der Waals surface area contributed by atoms with Gasteiger partial charge in [-0.05, 0) is 49.1 Å². The quantitative estimate of drug-likeness (QED) is 0.457. The lowest BCUT2D eigenvalue weighted by molar-refractivity contribution is 0.0931. The Balaban J connectivity index is 1.65. The van der Waals surface area contributed by atoms with Crippen LogP contribution in [0.2, 0.25) is 0 Å². The molecule has 9 nitrogen and oxygen atoms in total. The molecule has 4 aromatic heterocycles. The molecule has 0 bridgehead atoms. The Kier molecular flexibility index (Phi) is 5.47. The number of hydrogen-bond acceptors (Lipinski definition) is 6. The second-order valence-corrected chi connectivity index (χ2v) is 8.29. The molecule has 1 amide bonds. The van der Waals surface area contributed by atoms with E-state index in [-0.39, 0.29) is 29.3 Å². The van der Waals surface area contributed by atoms with Crippen molar-refractivity contribution in [1.29, 1.82) is 5.41 Å². The van der Waals surface area contributed by atoms with Gasteiger partial charge in [-0.1, -0.05) is 12.1 Å². The summed E-state index contributed by atoms with van der Waals surface area (Å²) in [5.41, 5.74) is 2.49. The molecule has 0 aliphatic carbocycles. The summed E-state index contributed by atoms with van der Waals surface area (Å²) in [7, 11) is 0. The normalized spacial score (nSPS) is 15.8. The topological polar surface area (TPSA) is 114 Å². The van der Waals surface area contributed by atoms with E-state index in [0.29, 0.717) is 29.8 Å². The predicted molar refractivity (Wildman–Crippen MR) is 122 cm³/mol. The molecule has 0 radical (unpaired) electrons. The molecule has 0 aromatic carbocycles. The number of aromatic nitrogens is 4. The number of amides is 1. The maximum absolute atomic E-state index is 13.4. The fourth-order valence-corrected chi connectivity index (χ4v) is 4.17. The Morgan fingerprint density at radius 1 is 1.33 bits per heavy atom. The number of hydrogen-bond donors (Lipinski definition) is 2. The van der Waals surface area contributed by atoms with Crippen LogP contribution in [0.1, 0.15) is 34.3 Å². The van der Waals surface area contributed by atoms with Gasteiger partial charge in [0, 0.05) is 31.7 Å². The van der Waals surface area contributed by atoms with Crippen molar-refractivity contribution in [2.45, 2.75) is 39.0 Å². The van der Waals surface area contributed by atoms with Gasteiger partial charge < -0.3 is 14.6 Å². The smallest absolute Gasteiger partial charge is 0.267 e. The predicted octanol–water partition coefficient (Wildman–Crippen LogP) is 1.94. The largest absolute Gasteiger partial charge is 0.376 e. The van der Waals surface area contributed by atoms with Crippen molar-refractivity contribution in [3.8, 4) is 0 Å². The van der Waals surface area contributed by atoms with Crippen LogP contribution < -0.4 is 16.4 Å². The second kappa shape index (κ2) is 8.59. The number of aryl methyl sites for hydroxylation is 1. The molecule has 0 saturated carbocycles. The van der Waals surface area contributed by atoms with Gasteiger partial charge in [0.2, 0.25) is 0 Å². The van der Waals surface area contributed by atoms with Gasteiger partial charge >= 0.3 is 0 Å². The molecule has 2 N–H and O–H groups in total. The minimum Gasteiger partial charge on any atom is -0.376 e. The number of rotatable bonds is 5. The number of carbonyl (C=O) groups excluding carboxylic acids is 1. The van der Waals surface area contributed by atoms with Crippen LogP contribution in [0, 0.1) is 12.3 Å². The number of ether oxygens (including phenoxy) is 1. The van der Waals surface area contributed by atoms with Crippen molar-refractivity contribution in [3.05, 3.63) is 81.5 Å². The summed E-state index contributed by atoms with van der Waals surface area (Å²) in [4.78, 5) is 35.2. The second-order valence-electron chi connectivity index (χ2n) is 8.29. The van der Waals surface area contributed by atoms with Gasteiger partial charge in [-0.3, -0.25) is 24.4 Å². The van der Waals surface area contributed by atoms with E-state index in [2.05, 4.69) is 15.3 Å². The first-order valence-electron chi connectivity index (χ1n) is 10.9. The first-order chi connectivity index (χ1) is 16.0. The molecular formula is C24H24N6O3. The third kappa shape index (κ3) is 4.03. The van der Waals surface area contributed by atoms with Gasteiger partial charge in [0.05, 0.1) is 23.6 Å². The Labute approximate surface area is 189 Å². The zero-order chi connectivity index (χ0) is 22.9. The third-order valence-electron chi connectivity index (χ3n) is 5.89. The van der Waals surface area contributed by atoms with Crippen molar-refractivity contribution in [2.24, 2.45) is 0 Å². The van der Waals surface area contributed by atoms with E-state index in [1.54, 1.807) is 35.3 Å². The highest BCUT2D eigenvalue weighted by atomic mass is 16.5. The summed E-state index contributed by atoms with van der Waals surface area (Å²) in [5, 5.41) is 11.9. The number of fused-ring (bicyclic) bond motifs is 2. The van der Waals surface area contributed by atoms with Crippen LogP contribution in [0.5, 0.6) is 0 Å². The Hall–Kier alpha value is -3.85. The molecule has 1 aliphatic heterocycles. The Morgan fingerprint density at radius 3 is 2.97 bits per heavy atom. The van der Waals surface area contributed by atoms with E-state index < -0.39 is 5.91 Å². The van der Waals surface area contributed by atoms with Crippen LogP contribution in [0.4, 0.5) is 0 Å². The summed E-state index contributed by atoms with van der Waals surface area (Å²) < 4.78 is 8.89. The summed E-state index contributed by atoms with van der Waals surface area (Å²) in [5.74, 6) is -0.430. The lowest BCUT2D eigenvalue weighted by Crippen LogP contribution is -2.36. The number of pyridine rings is 3. The molecule has 168 valence electrons. The van der Waals surface area contributed by atoms with Crippen LogP contribution in [-0.4, -0.2) is 37.6 Å². The van der Waals surface area contributed by atoms with Crippen molar-refractivity contribution >= 4 is 22.6 Å². The van der Waals surface area contributed by atoms with Crippen LogP contribution in [0.25, 0.3) is 16.7 Å². The zero-order valence-electron chi connectivity index (χ0n) is 18.2. The first-order valence-corrected chi connectivity index (χ1v) is 10.9. The molecular weight excluding hydrogens is 420 g/mol. The van der Waals surface area contributed by atoms with E-state index in [1.807, 2.05) is 19.1 Å². The molecule has 0 unspecified atom stereocenters. The molecule has 9 heteroatoms. The summed E-state index contributed by atoms with van der Waals surface area (Å²) >= 11 is 0. The van der Waals surface area contributed by atoms with Gasteiger partial charge in [-0.15, -0.1) is 0 Å². The van der Waals surface area contributed by atoms with E-state index in [0.717, 1.165) is 24.0 Å². The minimum atomic E-state index is -0.430. The summed E-state index contributed by atoms with van der Waals surface area (Å²) in [6, 6.07) is 8.80. The van der Waals surface area contributed by atoms with Crippen molar-refractivity contribution in [2.75, 3.05) is 6.61 Å². The van der Waals surface area contributed by atoms with Crippen molar-refractivity contribution < 1.29 is 9.53 Å². The number of nitrogens with zero attached hydrogens (tertiary/aromatic N) is 4. The lowest BCUT2D eigenvalue weighted by atomic mass is 10.1. The van der Waals surface area contributed by atoms with Crippen LogP contribution >= 0.6 is 0 Å². The SMILES string of the molecule is Cc1ccc2nc3c(cc(C(=O)NCc4cccnc4)c(=N)n3C[C@H]3CCCO3)c(=O)n2c1. The van der Waals surface area contributed by atoms with E-state index >= 15 is 0 Å². The fourth-order valence-electron chi connectivity index (χ4n) is 4.17.